The molecule has 1 fully saturated rings. The second-order valence-corrected chi connectivity index (χ2v) is 5.20. The molecule has 1 aliphatic rings. The van der Waals surface area contributed by atoms with Crippen LogP contribution in [0.3, 0.4) is 0 Å². The second kappa shape index (κ2) is 5.48. The van der Waals surface area contributed by atoms with Gasteiger partial charge in [0.15, 0.2) is 0 Å². The van der Waals surface area contributed by atoms with Crippen molar-refractivity contribution in [2.75, 3.05) is 31.1 Å². The van der Waals surface area contributed by atoms with E-state index in [1.54, 1.807) is 6.07 Å². The number of halogens is 4. The Hall–Kier alpha value is -0.750. The number of benzene rings is 1. The third-order valence-electron chi connectivity index (χ3n) is 2.92. The van der Waals surface area contributed by atoms with Gasteiger partial charge in [-0.3, -0.25) is 0 Å². The van der Waals surface area contributed by atoms with Gasteiger partial charge in [-0.05, 0) is 31.2 Å². The molecule has 6 heteroatoms. The third-order valence-corrected chi connectivity index (χ3v) is 3.37. The molecule has 1 aliphatic heterocycles. The summed E-state index contributed by atoms with van der Waals surface area (Å²) in [5.41, 5.74) is 0.0180. The molecule has 0 bridgehead atoms. The molecule has 0 amide bonds. The first-order chi connectivity index (χ1) is 8.47. The minimum atomic E-state index is -4.30. The largest absolute Gasteiger partial charge is 0.416 e. The monoisotopic (exact) mass is 322 g/mol. The van der Waals surface area contributed by atoms with Crippen LogP contribution in [0.25, 0.3) is 0 Å². The Morgan fingerprint density at radius 2 is 1.89 bits per heavy atom. The van der Waals surface area contributed by atoms with E-state index in [0.717, 1.165) is 38.7 Å². The van der Waals surface area contributed by atoms with Gasteiger partial charge in [-0.15, -0.1) is 0 Å². The zero-order valence-corrected chi connectivity index (χ0v) is 11.3. The lowest BCUT2D eigenvalue weighted by molar-refractivity contribution is -0.137. The van der Waals surface area contributed by atoms with Gasteiger partial charge in [0.2, 0.25) is 0 Å². The summed E-state index contributed by atoms with van der Waals surface area (Å²) in [5.74, 6) is 0. The summed E-state index contributed by atoms with van der Waals surface area (Å²) < 4.78 is 38.7. The van der Waals surface area contributed by atoms with Crippen molar-refractivity contribution >= 4 is 21.6 Å². The second-order valence-electron chi connectivity index (χ2n) is 4.29. The SMILES string of the molecule is FC(F)(F)c1cc(Br)cc(N2CCCNCC2)c1. The number of hydrogen-bond donors (Lipinski definition) is 1. The Balaban J connectivity index is 2.29. The summed E-state index contributed by atoms with van der Waals surface area (Å²) in [7, 11) is 0. The number of hydrogen-bond acceptors (Lipinski definition) is 2. The van der Waals surface area contributed by atoms with Crippen LogP contribution in [0.1, 0.15) is 12.0 Å². The smallest absolute Gasteiger partial charge is 0.370 e. The molecule has 1 aromatic carbocycles. The van der Waals surface area contributed by atoms with Crippen molar-refractivity contribution in [3.8, 4) is 0 Å². The summed E-state index contributed by atoms with van der Waals surface area (Å²) in [6.07, 6.45) is -3.36. The van der Waals surface area contributed by atoms with Crippen molar-refractivity contribution in [2.24, 2.45) is 0 Å². The number of nitrogens with zero attached hydrogens (tertiary/aromatic N) is 1. The van der Waals surface area contributed by atoms with E-state index < -0.39 is 11.7 Å². The quantitative estimate of drug-likeness (QED) is 0.853. The molecule has 1 N–H and O–H groups in total. The highest BCUT2D eigenvalue weighted by Crippen LogP contribution is 2.34. The first-order valence-electron chi connectivity index (χ1n) is 5.80. The lowest BCUT2D eigenvalue weighted by Gasteiger charge is -2.23. The first kappa shape index (κ1) is 13.7. The zero-order valence-electron chi connectivity index (χ0n) is 9.73. The van der Waals surface area contributed by atoms with Crippen molar-refractivity contribution in [1.29, 1.82) is 0 Å². The molecule has 0 saturated carbocycles. The average molecular weight is 323 g/mol. The molecule has 100 valence electrons. The van der Waals surface area contributed by atoms with E-state index in [9.17, 15) is 13.2 Å². The molecule has 1 saturated heterocycles. The highest BCUT2D eigenvalue weighted by atomic mass is 79.9. The van der Waals surface area contributed by atoms with Crippen molar-refractivity contribution in [3.05, 3.63) is 28.2 Å². The normalized spacial score (nSPS) is 17.7. The van der Waals surface area contributed by atoms with Crippen LogP contribution < -0.4 is 10.2 Å². The van der Waals surface area contributed by atoms with Gasteiger partial charge in [0.1, 0.15) is 0 Å². The molecule has 0 spiro atoms. The van der Waals surface area contributed by atoms with Crippen molar-refractivity contribution in [1.82, 2.24) is 5.32 Å². The zero-order chi connectivity index (χ0) is 13.2. The first-order valence-corrected chi connectivity index (χ1v) is 6.59. The van der Waals surface area contributed by atoms with E-state index in [1.807, 2.05) is 4.90 Å². The molecule has 2 rings (SSSR count). The Bertz CT molecular complexity index is 412. The van der Waals surface area contributed by atoms with Gasteiger partial charge in [0.05, 0.1) is 5.56 Å². The van der Waals surface area contributed by atoms with Crippen molar-refractivity contribution in [2.45, 2.75) is 12.6 Å². The number of nitrogens with one attached hydrogen (secondary N) is 1. The fourth-order valence-electron chi connectivity index (χ4n) is 2.02. The van der Waals surface area contributed by atoms with Crippen LogP contribution in [-0.2, 0) is 6.18 Å². The summed E-state index contributed by atoms with van der Waals surface area (Å²) in [6.45, 7) is 3.22. The summed E-state index contributed by atoms with van der Waals surface area (Å²) in [5, 5.41) is 3.23. The fourth-order valence-corrected chi connectivity index (χ4v) is 2.51. The Labute approximate surface area is 112 Å². The summed E-state index contributed by atoms with van der Waals surface area (Å²) >= 11 is 3.15. The van der Waals surface area contributed by atoms with Gasteiger partial charge in [-0.25, -0.2) is 0 Å². The van der Waals surface area contributed by atoms with Gasteiger partial charge in [-0.2, -0.15) is 13.2 Å². The molecule has 0 radical (unpaired) electrons. The molecule has 0 unspecified atom stereocenters. The van der Waals surface area contributed by atoms with Gasteiger partial charge < -0.3 is 10.2 Å². The van der Waals surface area contributed by atoms with Crippen LogP contribution in [0.2, 0.25) is 0 Å². The summed E-state index contributed by atoms with van der Waals surface area (Å²) in [6, 6.07) is 4.07. The fraction of sp³-hybridized carbons (Fsp3) is 0.500. The highest BCUT2D eigenvalue weighted by molar-refractivity contribution is 9.10. The molecule has 1 aromatic rings. The van der Waals surface area contributed by atoms with E-state index in [1.165, 1.54) is 6.07 Å². The molecule has 1 heterocycles. The predicted octanol–water partition coefficient (Wildman–Crippen LogP) is 3.27. The topological polar surface area (TPSA) is 15.3 Å². The van der Waals surface area contributed by atoms with Gasteiger partial charge in [0.25, 0.3) is 0 Å². The highest BCUT2D eigenvalue weighted by Gasteiger charge is 2.31. The minimum absolute atomic E-state index is 0.463. The van der Waals surface area contributed by atoms with E-state index in [4.69, 9.17) is 0 Å². The van der Waals surface area contributed by atoms with Crippen LogP contribution in [0, 0.1) is 0 Å². The van der Waals surface area contributed by atoms with E-state index in [0.29, 0.717) is 10.2 Å². The van der Waals surface area contributed by atoms with E-state index >= 15 is 0 Å². The van der Waals surface area contributed by atoms with Crippen LogP contribution in [-0.4, -0.2) is 26.2 Å². The third kappa shape index (κ3) is 3.38. The molecular formula is C12H14BrF3N2. The van der Waals surface area contributed by atoms with E-state index in [-0.39, 0.29) is 0 Å². The molecule has 18 heavy (non-hydrogen) atoms. The molecule has 0 atom stereocenters. The van der Waals surface area contributed by atoms with Crippen LogP contribution in [0.5, 0.6) is 0 Å². The Kier molecular flexibility index (Phi) is 4.17. The predicted molar refractivity (Wildman–Crippen MR) is 68.8 cm³/mol. The van der Waals surface area contributed by atoms with Crippen molar-refractivity contribution < 1.29 is 13.2 Å². The van der Waals surface area contributed by atoms with Crippen LogP contribution in [0.4, 0.5) is 18.9 Å². The minimum Gasteiger partial charge on any atom is -0.370 e. The lowest BCUT2D eigenvalue weighted by Crippen LogP contribution is -2.28. The van der Waals surface area contributed by atoms with Gasteiger partial charge in [-0.1, -0.05) is 15.9 Å². The Morgan fingerprint density at radius 3 is 2.61 bits per heavy atom. The van der Waals surface area contributed by atoms with Gasteiger partial charge >= 0.3 is 6.18 Å². The van der Waals surface area contributed by atoms with Crippen LogP contribution >= 0.6 is 15.9 Å². The molecule has 0 aliphatic carbocycles. The molecular weight excluding hydrogens is 309 g/mol. The molecule has 2 nitrogen and oxygen atoms in total. The lowest BCUT2D eigenvalue weighted by atomic mass is 10.1. The standard InChI is InChI=1S/C12H14BrF3N2/c13-10-6-9(12(14,15)16)7-11(8-10)18-4-1-2-17-3-5-18/h6-8,17H,1-5H2. The van der Waals surface area contributed by atoms with E-state index in [2.05, 4.69) is 21.2 Å². The van der Waals surface area contributed by atoms with Crippen LogP contribution in [0.15, 0.2) is 22.7 Å². The maximum Gasteiger partial charge on any atom is 0.416 e. The maximum atomic E-state index is 12.7. The molecule has 0 aromatic heterocycles. The maximum absolute atomic E-state index is 12.7. The average Bonchev–Trinajstić information content (AvgIpc) is 2.55. The number of anilines is 1. The van der Waals surface area contributed by atoms with Gasteiger partial charge in [0, 0.05) is 29.8 Å². The Morgan fingerprint density at radius 1 is 1.11 bits per heavy atom. The number of alkyl halides is 3. The van der Waals surface area contributed by atoms with Crippen molar-refractivity contribution in [3.63, 3.8) is 0 Å². The number of rotatable bonds is 1. The summed E-state index contributed by atoms with van der Waals surface area (Å²) in [4.78, 5) is 1.99.